The largest absolute Gasteiger partial charge is 0.497 e. The standard InChI is InChI=1S/C29H39N3O4S/c1-3-37(34,35)32-21-25(27(22-32)24-7-5-4-6-8-24)20-30-16-13-29(14-17-30)15-18-31(28(29)33)19-23-9-11-26(36-2)12-10-23/h4-12,25,27H,3,13-22H2,1-2H3/t25-,27?/m0/s1. The maximum Gasteiger partial charge on any atom is 0.229 e. The van der Waals surface area contributed by atoms with Crippen molar-refractivity contribution in [1.82, 2.24) is 14.1 Å². The molecule has 2 aromatic rings. The van der Waals surface area contributed by atoms with Gasteiger partial charge < -0.3 is 14.5 Å². The van der Waals surface area contributed by atoms with Crippen molar-refractivity contribution in [3.63, 3.8) is 0 Å². The predicted octanol–water partition coefficient (Wildman–Crippen LogP) is 3.58. The Morgan fingerprint density at radius 1 is 0.946 bits per heavy atom. The molecule has 0 saturated carbocycles. The van der Waals surface area contributed by atoms with Crippen LogP contribution in [0.15, 0.2) is 54.6 Å². The lowest BCUT2D eigenvalue weighted by molar-refractivity contribution is -0.139. The molecular weight excluding hydrogens is 486 g/mol. The number of carbonyl (C=O) groups excluding carboxylic acids is 1. The first-order chi connectivity index (χ1) is 17.8. The maximum atomic E-state index is 13.5. The molecule has 5 rings (SSSR count). The molecule has 3 aliphatic rings. The van der Waals surface area contributed by atoms with E-state index in [4.69, 9.17) is 4.74 Å². The van der Waals surface area contributed by atoms with Gasteiger partial charge in [-0.05, 0) is 68.5 Å². The molecule has 1 amide bonds. The topological polar surface area (TPSA) is 70.2 Å². The van der Waals surface area contributed by atoms with E-state index in [2.05, 4.69) is 17.0 Å². The third-order valence-corrected chi connectivity index (χ3v) is 10.6. The summed E-state index contributed by atoms with van der Waals surface area (Å²) in [4.78, 5) is 18.0. The number of nitrogens with zero attached hydrogens (tertiary/aromatic N) is 3. The van der Waals surface area contributed by atoms with Crippen LogP contribution in [-0.2, 0) is 21.4 Å². The molecule has 1 spiro atoms. The molecule has 1 unspecified atom stereocenters. The zero-order valence-electron chi connectivity index (χ0n) is 22.0. The summed E-state index contributed by atoms with van der Waals surface area (Å²) in [5.41, 5.74) is 2.10. The van der Waals surface area contributed by atoms with Crippen LogP contribution in [0.3, 0.4) is 0 Å². The molecule has 3 fully saturated rings. The summed E-state index contributed by atoms with van der Waals surface area (Å²) >= 11 is 0. The highest BCUT2D eigenvalue weighted by Gasteiger charge is 2.48. The van der Waals surface area contributed by atoms with Gasteiger partial charge in [-0.15, -0.1) is 0 Å². The van der Waals surface area contributed by atoms with Gasteiger partial charge in [0.25, 0.3) is 0 Å². The molecule has 8 heteroatoms. The lowest BCUT2D eigenvalue weighted by atomic mass is 9.76. The first-order valence-corrected chi connectivity index (χ1v) is 15.1. The van der Waals surface area contributed by atoms with Crippen LogP contribution in [0.25, 0.3) is 0 Å². The van der Waals surface area contributed by atoms with Crippen molar-refractivity contribution in [2.45, 2.75) is 38.6 Å². The van der Waals surface area contributed by atoms with E-state index in [1.54, 1.807) is 18.3 Å². The van der Waals surface area contributed by atoms with E-state index in [-0.39, 0.29) is 23.0 Å². The minimum absolute atomic E-state index is 0.141. The van der Waals surface area contributed by atoms with Crippen LogP contribution in [0.2, 0.25) is 0 Å². The summed E-state index contributed by atoms with van der Waals surface area (Å²) in [5.74, 6) is 1.72. The Morgan fingerprint density at radius 2 is 1.62 bits per heavy atom. The number of hydrogen-bond acceptors (Lipinski definition) is 5. The van der Waals surface area contributed by atoms with E-state index >= 15 is 0 Å². The minimum atomic E-state index is -3.22. The SMILES string of the molecule is CCS(=O)(=O)N1CC(c2ccccc2)[C@@H](CN2CCC3(CC2)CCN(Cc2ccc(OC)cc2)C3=O)C1. The lowest BCUT2D eigenvalue weighted by Gasteiger charge is -2.39. The van der Waals surface area contributed by atoms with Crippen molar-refractivity contribution in [2.75, 3.05) is 52.1 Å². The highest BCUT2D eigenvalue weighted by atomic mass is 32.2. The van der Waals surface area contributed by atoms with E-state index in [0.29, 0.717) is 25.5 Å². The summed E-state index contributed by atoms with van der Waals surface area (Å²) in [6.45, 7) is 6.97. The first-order valence-electron chi connectivity index (χ1n) is 13.5. The predicted molar refractivity (Wildman–Crippen MR) is 145 cm³/mol. The van der Waals surface area contributed by atoms with Crippen LogP contribution in [-0.4, -0.2) is 80.6 Å². The average molecular weight is 526 g/mol. The zero-order chi connectivity index (χ0) is 26.0. The quantitative estimate of drug-likeness (QED) is 0.527. The minimum Gasteiger partial charge on any atom is -0.497 e. The van der Waals surface area contributed by atoms with Gasteiger partial charge in [-0.25, -0.2) is 12.7 Å². The van der Waals surface area contributed by atoms with E-state index in [0.717, 1.165) is 56.8 Å². The van der Waals surface area contributed by atoms with Gasteiger partial charge in [0.15, 0.2) is 0 Å². The van der Waals surface area contributed by atoms with Crippen LogP contribution in [0.5, 0.6) is 5.75 Å². The number of rotatable bonds is 8. The number of hydrogen-bond donors (Lipinski definition) is 0. The molecule has 3 aliphatic heterocycles. The van der Waals surface area contributed by atoms with Crippen LogP contribution in [0, 0.1) is 11.3 Å². The molecule has 0 aliphatic carbocycles. The Balaban J connectivity index is 1.21. The molecule has 0 N–H and O–H groups in total. The monoisotopic (exact) mass is 525 g/mol. The van der Waals surface area contributed by atoms with Crippen LogP contribution >= 0.6 is 0 Å². The number of ether oxygens (including phenoxy) is 1. The third-order valence-electron chi connectivity index (χ3n) is 8.83. The fourth-order valence-corrected chi connectivity index (χ4v) is 7.63. The Kier molecular flexibility index (Phi) is 7.61. The van der Waals surface area contributed by atoms with Crippen LogP contribution in [0.1, 0.15) is 43.2 Å². The van der Waals surface area contributed by atoms with Crippen molar-refractivity contribution >= 4 is 15.9 Å². The molecule has 2 aromatic carbocycles. The molecule has 37 heavy (non-hydrogen) atoms. The zero-order valence-corrected chi connectivity index (χ0v) is 22.8. The van der Waals surface area contributed by atoms with Crippen molar-refractivity contribution < 1.29 is 17.9 Å². The fraction of sp³-hybridized carbons (Fsp3) is 0.552. The Morgan fingerprint density at radius 3 is 2.27 bits per heavy atom. The second-order valence-corrected chi connectivity index (χ2v) is 13.2. The van der Waals surface area contributed by atoms with Gasteiger partial charge in [0.05, 0.1) is 18.3 Å². The number of carbonyl (C=O) groups is 1. The number of likely N-dealkylation sites (tertiary alicyclic amines) is 2. The lowest BCUT2D eigenvalue weighted by Crippen LogP contribution is -2.46. The normalized spacial score (nSPS) is 24.7. The average Bonchev–Trinajstić information content (AvgIpc) is 3.49. The molecule has 7 nitrogen and oxygen atoms in total. The summed E-state index contributed by atoms with van der Waals surface area (Å²) in [6.07, 6.45) is 2.68. The molecule has 3 heterocycles. The number of benzene rings is 2. The van der Waals surface area contributed by atoms with Crippen molar-refractivity contribution in [1.29, 1.82) is 0 Å². The highest BCUT2D eigenvalue weighted by molar-refractivity contribution is 7.89. The van der Waals surface area contributed by atoms with Gasteiger partial charge in [0.1, 0.15) is 5.75 Å². The second kappa shape index (κ2) is 10.8. The number of sulfonamides is 1. The van der Waals surface area contributed by atoms with Crippen molar-refractivity contribution in [3.8, 4) is 5.75 Å². The molecule has 0 bridgehead atoms. The molecule has 0 radical (unpaired) electrons. The van der Waals surface area contributed by atoms with Crippen LogP contribution < -0.4 is 4.74 Å². The second-order valence-electron chi connectivity index (χ2n) is 10.9. The first kappa shape index (κ1) is 26.2. The summed E-state index contributed by atoms with van der Waals surface area (Å²) in [7, 11) is -1.56. The number of piperidine rings is 1. The Hall–Kier alpha value is -2.42. The van der Waals surface area contributed by atoms with E-state index < -0.39 is 10.0 Å². The van der Waals surface area contributed by atoms with Gasteiger partial charge in [-0.1, -0.05) is 42.5 Å². The summed E-state index contributed by atoms with van der Waals surface area (Å²) in [6, 6.07) is 18.3. The van der Waals surface area contributed by atoms with E-state index in [9.17, 15) is 13.2 Å². The molecule has 3 saturated heterocycles. The molecule has 0 aromatic heterocycles. The van der Waals surface area contributed by atoms with Gasteiger partial charge in [0.2, 0.25) is 15.9 Å². The number of amides is 1. The number of methoxy groups -OCH3 is 1. The van der Waals surface area contributed by atoms with Gasteiger partial charge >= 0.3 is 0 Å². The fourth-order valence-electron chi connectivity index (χ4n) is 6.46. The van der Waals surface area contributed by atoms with Gasteiger partial charge in [0, 0.05) is 38.6 Å². The van der Waals surface area contributed by atoms with Gasteiger partial charge in [-0.3, -0.25) is 4.79 Å². The molecule has 200 valence electrons. The summed E-state index contributed by atoms with van der Waals surface area (Å²) in [5, 5.41) is 0. The molecular formula is C29H39N3O4S. The van der Waals surface area contributed by atoms with Gasteiger partial charge in [-0.2, -0.15) is 0 Å². The summed E-state index contributed by atoms with van der Waals surface area (Å²) < 4.78 is 32.3. The van der Waals surface area contributed by atoms with Crippen LogP contribution in [0.4, 0.5) is 0 Å². The van der Waals surface area contributed by atoms with Crippen molar-refractivity contribution in [3.05, 3.63) is 65.7 Å². The van der Waals surface area contributed by atoms with E-state index in [1.807, 2.05) is 47.4 Å². The molecule has 2 atom stereocenters. The third kappa shape index (κ3) is 5.42. The smallest absolute Gasteiger partial charge is 0.229 e. The van der Waals surface area contributed by atoms with Crippen molar-refractivity contribution in [2.24, 2.45) is 11.3 Å². The maximum absolute atomic E-state index is 13.5. The van der Waals surface area contributed by atoms with E-state index in [1.165, 1.54) is 5.56 Å². The Labute approximate surface area is 221 Å². The Bertz CT molecular complexity index is 1180. The highest BCUT2D eigenvalue weighted by Crippen LogP contribution is 2.43.